The Morgan fingerprint density at radius 1 is 0.778 bits per heavy atom. The molecule has 0 aliphatic carbocycles. The summed E-state index contributed by atoms with van der Waals surface area (Å²) in [5.41, 5.74) is 4.08. The van der Waals surface area contributed by atoms with Gasteiger partial charge in [-0.15, -0.1) is 0 Å². The van der Waals surface area contributed by atoms with Gasteiger partial charge < -0.3 is 5.11 Å². The number of aromatic hydroxyl groups is 1. The van der Waals surface area contributed by atoms with Crippen LogP contribution in [0.15, 0.2) is 48.5 Å². The van der Waals surface area contributed by atoms with Gasteiger partial charge in [-0.3, -0.25) is 0 Å². The van der Waals surface area contributed by atoms with Crippen molar-refractivity contribution >= 4 is 0 Å². The van der Waals surface area contributed by atoms with Crippen molar-refractivity contribution in [2.45, 2.75) is 32.6 Å². The minimum Gasteiger partial charge on any atom is -0.508 e. The molecule has 0 atom stereocenters. The van der Waals surface area contributed by atoms with Gasteiger partial charge in [0.05, 0.1) is 0 Å². The molecule has 0 amide bonds. The summed E-state index contributed by atoms with van der Waals surface area (Å²) in [5.74, 6) is 0.321. The van der Waals surface area contributed by atoms with E-state index in [0.29, 0.717) is 5.75 Å². The van der Waals surface area contributed by atoms with E-state index in [1.807, 2.05) is 12.1 Å². The molecule has 0 fully saturated rings. The third kappa shape index (κ3) is 3.13. The van der Waals surface area contributed by atoms with E-state index in [9.17, 15) is 5.11 Å². The second-order valence-electron chi connectivity index (χ2n) is 5.79. The summed E-state index contributed by atoms with van der Waals surface area (Å²) in [5, 5.41) is 9.25. The number of phenols is 1. The maximum absolute atomic E-state index is 9.25. The Bertz CT molecular complexity index is 501. The smallest absolute Gasteiger partial charge is 0.115 e. The Hall–Kier alpha value is -1.76. The summed E-state index contributed by atoms with van der Waals surface area (Å²) in [6.07, 6.45) is 0.907. The lowest BCUT2D eigenvalue weighted by Gasteiger charge is -2.19. The molecule has 0 aliphatic heterocycles. The topological polar surface area (TPSA) is 20.2 Å². The molecule has 1 heteroatoms. The molecule has 2 aromatic rings. The quantitative estimate of drug-likeness (QED) is 0.830. The summed E-state index contributed by atoms with van der Waals surface area (Å²) in [7, 11) is 0. The summed E-state index contributed by atoms with van der Waals surface area (Å²) in [6.45, 7) is 6.67. The van der Waals surface area contributed by atoms with E-state index in [1.165, 1.54) is 16.7 Å². The zero-order valence-electron chi connectivity index (χ0n) is 11.3. The highest BCUT2D eigenvalue weighted by Crippen LogP contribution is 2.23. The van der Waals surface area contributed by atoms with Crippen molar-refractivity contribution in [3.63, 3.8) is 0 Å². The minimum absolute atomic E-state index is 0.205. The molecule has 0 saturated heterocycles. The van der Waals surface area contributed by atoms with Crippen LogP contribution in [0, 0.1) is 0 Å². The number of benzene rings is 2. The van der Waals surface area contributed by atoms with Crippen LogP contribution in [0.3, 0.4) is 0 Å². The van der Waals surface area contributed by atoms with Gasteiger partial charge in [-0.2, -0.15) is 0 Å². The Kier molecular flexibility index (Phi) is 3.42. The Balaban J connectivity index is 2.13. The Labute approximate surface area is 109 Å². The van der Waals surface area contributed by atoms with Crippen LogP contribution in [0.4, 0.5) is 0 Å². The Morgan fingerprint density at radius 2 is 1.22 bits per heavy atom. The van der Waals surface area contributed by atoms with Gasteiger partial charge >= 0.3 is 0 Å². The first-order valence-corrected chi connectivity index (χ1v) is 6.32. The average molecular weight is 240 g/mol. The fraction of sp³-hybridized carbons (Fsp3) is 0.294. The van der Waals surface area contributed by atoms with Crippen LogP contribution in [0.5, 0.6) is 5.75 Å². The van der Waals surface area contributed by atoms with E-state index in [4.69, 9.17) is 0 Å². The van der Waals surface area contributed by atoms with Crippen LogP contribution >= 0.6 is 0 Å². The van der Waals surface area contributed by atoms with Crippen molar-refractivity contribution in [1.29, 1.82) is 0 Å². The molecule has 18 heavy (non-hydrogen) atoms. The molecular formula is C17H20O. The average Bonchev–Trinajstić information content (AvgIpc) is 2.32. The molecule has 94 valence electrons. The van der Waals surface area contributed by atoms with Gasteiger partial charge in [-0.25, -0.2) is 0 Å². The molecule has 0 unspecified atom stereocenters. The number of rotatable bonds is 2. The van der Waals surface area contributed by atoms with Gasteiger partial charge in [0, 0.05) is 0 Å². The summed E-state index contributed by atoms with van der Waals surface area (Å²) >= 11 is 0. The van der Waals surface area contributed by atoms with Gasteiger partial charge in [-0.1, -0.05) is 57.2 Å². The first-order chi connectivity index (χ1) is 8.45. The zero-order chi connectivity index (χ0) is 13.2. The summed E-state index contributed by atoms with van der Waals surface area (Å²) < 4.78 is 0. The van der Waals surface area contributed by atoms with E-state index in [-0.39, 0.29) is 5.41 Å². The van der Waals surface area contributed by atoms with Crippen LogP contribution in [0.25, 0.3) is 0 Å². The van der Waals surface area contributed by atoms with Gasteiger partial charge in [0.1, 0.15) is 5.75 Å². The molecule has 0 radical (unpaired) electrons. The van der Waals surface area contributed by atoms with Crippen LogP contribution in [0.1, 0.15) is 37.5 Å². The second-order valence-corrected chi connectivity index (χ2v) is 5.79. The number of phenolic OH excluding ortho intramolecular Hbond substituents is 1. The van der Waals surface area contributed by atoms with Crippen LogP contribution in [0.2, 0.25) is 0 Å². The summed E-state index contributed by atoms with van der Waals surface area (Å²) in [4.78, 5) is 0. The number of hydrogen-bond donors (Lipinski definition) is 1. The van der Waals surface area contributed by atoms with E-state index in [0.717, 1.165) is 6.42 Å². The van der Waals surface area contributed by atoms with Crippen LogP contribution < -0.4 is 0 Å². The largest absolute Gasteiger partial charge is 0.508 e. The van der Waals surface area contributed by atoms with E-state index in [1.54, 1.807) is 12.1 Å². The van der Waals surface area contributed by atoms with Gasteiger partial charge in [0.15, 0.2) is 0 Å². The fourth-order valence-electron chi connectivity index (χ4n) is 1.97. The van der Waals surface area contributed by atoms with Crippen molar-refractivity contribution in [1.82, 2.24) is 0 Å². The van der Waals surface area contributed by atoms with E-state index in [2.05, 4.69) is 45.0 Å². The lowest BCUT2D eigenvalue weighted by molar-refractivity contribution is 0.475. The molecule has 2 rings (SSSR count). The third-order valence-electron chi connectivity index (χ3n) is 3.16. The highest BCUT2D eigenvalue weighted by atomic mass is 16.3. The molecule has 0 aliphatic rings. The minimum atomic E-state index is 0.205. The van der Waals surface area contributed by atoms with E-state index >= 15 is 0 Å². The van der Waals surface area contributed by atoms with E-state index < -0.39 is 0 Å². The van der Waals surface area contributed by atoms with Gasteiger partial charge in [0.25, 0.3) is 0 Å². The highest BCUT2D eigenvalue weighted by molar-refractivity contribution is 5.33. The predicted molar refractivity (Wildman–Crippen MR) is 76.1 cm³/mol. The van der Waals surface area contributed by atoms with Gasteiger partial charge in [-0.05, 0) is 40.7 Å². The molecule has 1 nitrogen and oxygen atoms in total. The molecule has 0 bridgehead atoms. The molecule has 1 N–H and O–H groups in total. The van der Waals surface area contributed by atoms with Crippen LogP contribution in [-0.2, 0) is 11.8 Å². The molecule has 0 saturated carbocycles. The van der Waals surface area contributed by atoms with Crippen LogP contribution in [-0.4, -0.2) is 5.11 Å². The maximum atomic E-state index is 9.25. The molecule has 2 aromatic carbocycles. The maximum Gasteiger partial charge on any atom is 0.115 e. The Morgan fingerprint density at radius 3 is 1.67 bits per heavy atom. The monoisotopic (exact) mass is 240 g/mol. The standard InChI is InChI=1S/C17H20O/c1-17(2,3)15-8-4-13(5-9-15)12-14-6-10-16(18)11-7-14/h4-11,18H,12H2,1-3H3. The molecule has 0 spiro atoms. The first kappa shape index (κ1) is 12.7. The lowest BCUT2D eigenvalue weighted by atomic mass is 9.86. The van der Waals surface area contributed by atoms with Gasteiger partial charge in [0.2, 0.25) is 0 Å². The SMILES string of the molecule is CC(C)(C)c1ccc(Cc2ccc(O)cc2)cc1. The number of hydrogen-bond acceptors (Lipinski definition) is 1. The van der Waals surface area contributed by atoms with Crippen molar-refractivity contribution in [3.05, 3.63) is 65.2 Å². The van der Waals surface area contributed by atoms with Crippen molar-refractivity contribution < 1.29 is 5.11 Å². The predicted octanol–water partition coefficient (Wildman–Crippen LogP) is 4.28. The molecule has 0 aromatic heterocycles. The summed E-state index contributed by atoms with van der Waals surface area (Å²) in [6, 6.07) is 16.2. The zero-order valence-corrected chi connectivity index (χ0v) is 11.3. The third-order valence-corrected chi connectivity index (χ3v) is 3.16. The molecule has 0 heterocycles. The first-order valence-electron chi connectivity index (χ1n) is 6.32. The normalized spacial score (nSPS) is 11.5. The van der Waals surface area contributed by atoms with Crippen molar-refractivity contribution in [2.75, 3.05) is 0 Å². The van der Waals surface area contributed by atoms with Crippen molar-refractivity contribution in [2.24, 2.45) is 0 Å². The fourth-order valence-corrected chi connectivity index (χ4v) is 1.97. The lowest BCUT2D eigenvalue weighted by Crippen LogP contribution is -2.10. The van der Waals surface area contributed by atoms with Crippen molar-refractivity contribution in [3.8, 4) is 5.75 Å². The molecular weight excluding hydrogens is 220 g/mol. The second kappa shape index (κ2) is 4.85. The highest BCUT2D eigenvalue weighted by Gasteiger charge is 2.12.